The second-order valence-electron chi connectivity index (χ2n) is 2.88. The Bertz CT molecular complexity index is 316. The summed E-state index contributed by atoms with van der Waals surface area (Å²) in [6.07, 6.45) is 2.99. The van der Waals surface area contributed by atoms with Crippen LogP contribution in [-0.2, 0) is 0 Å². The van der Waals surface area contributed by atoms with Gasteiger partial charge in [0.2, 0.25) is 0 Å². The molecule has 0 aliphatic carbocycles. The van der Waals surface area contributed by atoms with Crippen molar-refractivity contribution < 1.29 is 4.42 Å². The molecule has 0 spiro atoms. The van der Waals surface area contributed by atoms with E-state index in [4.69, 9.17) is 15.2 Å². The van der Waals surface area contributed by atoms with Gasteiger partial charge in [0.25, 0.3) is 0 Å². The van der Waals surface area contributed by atoms with Crippen molar-refractivity contribution in [1.29, 1.82) is 10.8 Å². The minimum Gasteiger partial charge on any atom is -0.470 e. The highest BCUT2D eigenvalue weighted by molar-refractivity contribution is 6.02. The molecule has 0 saturated carbocycles. The second-order valence-corrected chi connectivity index (χ2v) is 2.88. The molecule has 0 aliphatic heterocycles. The van der Waals surface area contributed by atoms with Crippen LogP contribution >= 0.6 is 0 Å². The van der Waals surface area contributed by atoms with Crippen molar-refractivity contribution in [2.45, 2.75) is 0 Å². The second kappa shape index (κ2) is 4.31. The molecule has 1 heterocycles. The third kappa shape index (κ3) is 2.81. The van der Waals surface area contributed by atoms with E-state index in [2.05, 4.69) is 10.6 Å². The van der Waals surface area contributed by atoms with Crippen LogP contribution in [0.2, 0.25) is 0 Å². The van der Waals surface area contributed by atoms with Crippen LogP contribution in [0.4, 0.5) is 5.69 Å². The molecule has 1 aromatic rings. The summed E-state index contributed by atoms with van der Waals surface area (Å²) in [5.41, 5.74) is 0.675. The Morgan fingerprint density at radius 3 is 2.64 bits per heavy atom. The molecule has 0 atom stereocenters. The standard InChI is InChI=1S/C8H13N5O/c1-13(2)8(10)12-7(9)11-6-3-4-14-5-6/h3-5H,1-2H3,(H4,9,10,11,12). The predicted molar refractivity (Wildman–Crippen MR) is 54.6 cm³/mol. The Morgan fingerprint density at radius 1 is 1.43 bits per heavy atom. The molecule has 0 unspecified atom stereocenters. The van der Waals surface area contributed by atoms with Crippen molar-refractivity contribution in [2.24, 2.45) is 0 Å². The van der Waals surface area contributed by atoms with Gasteiger partial charge in [-0.1, -0.05) is 0 Å². The van der Waals surface area contributed by atoms with E-state index < -0.39 is 0 Å². The lowest BCUT2D eigenvalue weighted by Crippen LogP contribution is -2.41. The first-order chi connectivity index (χ1) is 6.59. The van der Waals surface area contributed by atoms with Crippen molar-refractivity contribution in [3.05, 3.63) is 18.6 Å². The van der Waals surface area contributed by atoms with Gasteiger partial charge in [0.15, 0.2) is 11.9 Å². The van der Waals surface area contributed by atoms with Gasteiger partial charge in [-0.3, -0.25) is 16.1 Å². The van der Waals surface area contributed by atoms with Crippen LogP contribution in [0.3, 0.4) is 0 Å². The summed E-state index contributed by atoms with van der Waals surface area (Å²) in [5, 5.41) is 20.1. The Balaban J connectivity index is 2.41. The monoisotopic (exact) mass is 195 g/mol. The van der Waals surface area contributed by atoms with Crippen molar-refractivity contribution in [3.8, 4) is 0 Å². The zero-order valence-corrected chi connectivity index (χ0v) is 8.09. The van der Waals surface area contributed by atoms with Gasteiger partial charge in [0, 0.05) is 14.1 Å². The summed E-state index contributed by atoms with van der Waals surface area (Å²) < 4.78 is 4.82. The molecule has 14 heavy (non-hydrogen) atoms. The Labute approximate surface area is 81.9 Å². The summed E-state index contributed by atoms with van der Waals surface area (Å²) >= 11 is 0. The van der Waals surface area contributed by atoms with Crippen LogP contribution in [0.5, 0.6) is 0 Å². The van der Waals surface area contributed by atoms with E-state index in [0.717, 1.165) is 0 Å². The Morgan fingerprint density at radius 2 is 2.14 bits per heavy atom. The maximum Gasteiger partial charge on any atom is 0.199 e. The fourth-order valence-electron chi connectivity index (χ4n) is 0.741. The van der Waals surface area contributed by atoms with Gasteiger partial charge in [-0.2, -0.15) is 0 Å². The molecule has 0 aromatic carbocycles. The van der Waals surface area contributed by atoms with Crippen LogP contribution in [-0.4, -0.2) is 30.9 Å². The zero-order chi connectivity index (χ0) is 10.6. The lowest BCUT2D eigenvalue weighted by Gasteiger charge is -2.15. The Hall–Kier alpha value is -1.98. The third-order valence-electron chi connectivity index (χ3n) is 1.48. The summed E-state index contributed by atoms with van der Waals surface area (Å²) in [6.45, 7) is 0. The van der Waals surface area contributed by atoms with Gasteiger partial charge < -0.3 is 14.6 Å². The average Bonchev–Trinajstić information content (AvgIpc) is 2.56. The normalized spacial score (nSPS) is 9.29. The van der Waals surface area contributed by atoms with Crippen molar-refractivity contribution in [3.63, 3.8) is 0 Å². The van der Waals surface area contributed by atoms with Gasteiger partial charge >= 0.3 is 0 Å². The highest BCUT2D eigenvalue weighted by atomic mass is 16.3. The molecule has 1 aromatic heterocycles. The first-order valence-corrected chi connectivity index (χ1v) is 4.00. The van der Waals surface area contributed by atoms with Crippen LogP contribution in [0, 0.1) is 10.8 Å². The topological polar surface area (TPSA) is 88.1 Å². The number of guanidine groups is 2. The molecule has 4 N–H and O–H groups in total. The molecule has 0 fully saturated rings. The fraction of sp³-hybridized carbons (Fsp3) is 0.250. The van der Waals surface area contributed by atoms with E-state index >= 15 is 0 Å². The van der Waals surface area contributed by atoms with Crippen LogP contribution in [0.25, 0.3) is 0 Å². The van der Waals surface area contributed by atoms with Gasteiger partial charge in [-0.05, 0) is 6.07 Å². The lowest BCUT2D eigenvalue weighted by molar-refractivity contribution is 0.568. The first kappa shape index (κ1) is 10.1. The van der Waals surface area contributed by atoms with E-state index in [1.54, 1.807) is 25.1 Å². The average molecular weight is 195 g/mol. The summed E-state index contributed by atoms with van der Waals surface area (Å²) in [5.74, 6) is 0.177. The molecule has 76 valence electrons. The number of furan rings is 1. The van der Waals surface area contributed by atoms with Gasteiger partial charge in [-0.25, -0.2) is 0 Å². The molecule has 0 bridgehead atoms. The number of rotatable bonds is 1. The van der Waals surface area contributed by atoms with E-state index in [9.17, 15) is 0 Å². The fourth-order valence-corrected chi connectivity index (χ4v) is 0.741. The maximum absolute atomic E-state index is 7.46. The highest BCUT2D eigenvalue weighted by Crippen LogP contribution is 2.05. The van der Waals surface area contributed by atoms with Crippen LogP contribution in [0.15, 0.2) is 23.0 Å². The lowest BCUT2D eigenvalue weighted by atomic mass is 10.5. The minimum absolute atomic E-state index is 0.0325. The van der Waals surface area contributed by atoms with Crippen molar-refractivity contribution in [1.82, 2.24) is 10.2 Å². The molecular formula is C8H13N5O. The molecule has 0 amide bonds. The van der Waals surface area contributed by atoms with Crippen molar-refractivity contribution >= 4 is 17.6 Å². The molecule has 0 radical (unpaired) electrons. The first-order valence-electron chi connectivity index (χ1n) is 4.00. The van der Waals surface area contributed by atoms with E-state index in [1.807, 2.05) is 0 Å². The quantitative estimate of drug-likeness (QED) is 0.392. The van der Waals surface area contributed by atoms with Gasteiger partial charge in [0.1, 0.15) is 6.26 Å². The number of anilines is 1. The van der Waals surface area contributed by atoms with Gasteiger partial charge in [-0.15, -0.1) is 0 Å². The Kier molecular flexibility index (Phi) is 3.11. The predicted octanol–water partition coefficient (Wildman–Crippen LogP) is 0.712. The van der Waals surface area contributed by atoms with E-state index in [0.29, 0.717) is 5.69 Å². The summed E-state index contributed by atoms with van der Waals surface area (Å²) in [7, 11) is 3.45. The molecule has 0 aliphatic rings. The van der Waals surface area contributed by atoms with Gasteiger partial charge in [0.05, 0.1) is 12.0 Å². The number of nitrogens with zero attached hydrogens (tertiary/aromatic N) is 1. The van der Waals surface area contributed by atoms with E-state index in [-0.39, 0.29) is 11.9 Å². The molecule has 6 nitrogen and oxygen atoms in total. The minimum atomic E-state index is 0.0325. The number of hydrogen-bond donors (Lipinski definition) is 4. The zero-order valence-electron chi connectivity index (χ0n) is 8.09. The molecule has 1 rings (SSSR count). The summed E-state index contributed by atoms with van der Waals surface area (Å²) in [4.78, 5) is 1.56. The third-order valence-corrected chi connectivity index (χ3v) is 1.48. The molecule has 6 heteroatoms. The van der Waals surface area contributed by atoms with Crippen molar-refractivity contribution in [2.75, 3.05) is 19.4 Å². The summed E-state index contributed by atoms with van der Waals surface area (Å²) in [6, 6.07) is 1.69. The maximum atomic E-state index is 7.46. The largest absolute Gasteiger partial charge is 0.470 e. The molecule has 0 saturated heterocycles. The van der Waals surface area contributed by atoms with Crippen LogP contribution in [0.1, 0.15) is 0 Å². The number of nitrogens with one attached hydrogen (secondary N) is 4. The number of hydrogen-bond acceptors (Lipinski definition) is 3. The SMILES string of the molecule is CN(C)C(=N)NC(=N)Nc1ccoc1. The highest BCUT2D eigenvalue weighted by Gasteiger charge is 2.02. The van der Waals surface area contributed by atoms with E-state index in [1.165, 1.54) is 12.5 Å². The molecular weight excluding hydrogens is 182 g/mol. The smallest absolute Gasteiger partial charge is 0.199 e. The van der Waals surface area contributed by atoms with Crippen LogP contribution < -0.4 is 10.6 Å².